The Bertz CT molecular complexity index is 1270. The summed E-state index contributed by atoms with van der Waals surface area (Å²) in [6, 6.07) is 24.5. The lowest BCUT2D eigenvalue weighted by Crippen LogP contribution is -2.44. The molecule has 0 saturated carbocycles. The van der Waals surface area contributed by atoms with Crippen molar-refractivity contribution in [3.05, 3.63) is 83.9 Å². The maximum absolute atomic E-state index is 13.6. The molecule has 4 aromatic rings. The van der Waals surface area contributed by atoms with Crippen molar-refractivity contribution in [1.82, 2.24) is 19.8 Å². The number of urea groups is 1. The highest BCUT2D eigenvalue weighted by Crippen LogP contribution is 2.29. The monoisotopic (exact) mass is 531 g/mol. The van der Waals surface area contributed by atoms with Crippen LogP contribution in [0.15, 0.2) is 72.8 Å². The second kappa shape index (κ2) is 12.8. The molecule has 8 nitrogen and oxygen atoms in total. The van der Waals surface area contributed by atoms with Crippen molar-refractivity contribution in [2.45, 2.75) is 12.3 Å². The molecule has 0 atom stereocenters. The van der Waals surface area contributed by atoms with E-state index in [-0.39, 0.29) is 11.9 Å². The molecule has 2 aromatic carbocycles. The summed E-state index contributed by atoms with van der Waals surface area (Å²) in [5.74, 6) is 0.717. The summed E-state index contributed by atoms with van der Waals surface area (Å²) < 4.78 is 10.7. The summed E-state index contributed by atoms with van der Waals surface area (Å²) in [4.78, 5) is 27.6. The second-order valence-corrected chi connectivity index (χ2v) is 10.2. The van der Waals surface area contributed by atoms with Crippen LogP contribution in [-0.4, -0.2) is 78.8 Å². The number of amides is 2. The minimum Gasteiger partial charge on any atom is -0.481 e. The van der Waals surface area contributed by atoms with Crippen LogP contribution >= 0.6 is 11.3 Å². The number of ether oxygens (including phenoxy) is 2. The van der Waals surface area contributed by atoms with Gasteiger partial charge in [-0.3, -0.25) is 10.2 Å². The average Bonchev–Trinajstić information content (AvgIpc) is 3.37. The van der Waals surface area contributed by atoms with Crippen molar-refractivity contribution in [2.75, 3.05) is 58.4 Å². The van der Waals surface area contributed by atoms with Crippen molar-refractivity contribution < 1.29 is 14.3 Å². The smallest absolute Gasteiger partial charge is 0.323 e. The molecule has 0 unspecified atom stereocenters. The number of benzene rings is 2. The summed E-state index contributed by atoms with van der Waals surface area (Å²) in [5.41, 5.74) is 3.23. The number of hydrogen-bond acceptors (Lipinski definition) is 7. The summed E-state index contributed by atoms with van der Waals surface area (Å²) in [5, 5.41) is 3.56. The molecule has 38 heavy (non-hydrogen) atoms. The molecule has 5 rings (SSSR count). The Morgan fingerprint density at radius 3 is 2.34 bits per heavy atom. The Hall–Kier alpha value is -3.53. The summed E-state index contributed by atoms with van der Waals surface area (Å²) in [6.45, 7) is 5.28. The molecule has 1 aliphatic rings. The molecule has 3 heterocycles. The van der Waals surface area contributed by atoms with E-state index < -0.39 is 0 Å². The number of fused-ring (bicyclic) bond motifs is 1. The van der Waals surface area contributed by atoms with Gasteiger partial charge in [0.2, 0.25) is 5.88 Å². The molecule has 0 aliphatic carbocycles. The lowest BCUT2D eigenvalue weighted by atomic mass is 9.88. The Balaban J connectivity index is 1.33. The van der Waals surface area contributed by atoms with Crippen LogP contribution in [0.4, 0.5) is 9.93 Å². The number of hydrogen-bond donors (Lipinski definition) is 1. The van der Waals surface area contributed by atoms with Gasteiger partial charge in [-0.05, 0) is 23.6 Å². The minimum absolute atomic E-state index is 0.149. The molecule has 1 N–H and O–H groups in total. The molecule has 0 radical (unpaired) electrons. The lowest BCUT2D eigenvalue weighted by Gasteiger charge is -2.31. The molecule has 1 fully saturated rings. The number of rotatable bonds is 10. The molecule has 2 aromatic heterocycles. The Kier molecular flexibility index (Phi) is 8.80. The molecule has 198 valence electrons. The zero-order valence-electron chi connectivity index (χ0n) is 21.6. The van der Waals surface area contributed by atoms with Gasteiger partial charge in [0, 0.05) is 44.7 Å². The summed E-state index contributed by atoms with van der Waals surface area (Å²) in [6.07, 6.45) is 0.809. The quantitative estimate of drug-likeness (QED) is 0.307. The van der Waals surface area contributed by atoms with E-state index in [1.807, 2.05) is 23.1 Å². The third kappa shape index (κ3) is 6.66. The van der Waals surface area contributed by atoms with Gasteiger partial charge < -0.3 is 14.4 Å². The van der Waals surface area contributed by atoms with E-state index in [0.717, 1.165) is 49.6 Å². The highest BCUT2D eigenvalue weighted by Gasteiger charge is 2.21. The molecule has 9 heteroatoms. The summed E-state index contributed by atoms with van der Waals surface area (Å²) in [7, 11) is 1.59. The number of carbonyl (C=O) groups is 1. The largest absolute Gasteiger partial charge is 0.481 e. The Morgan fingerprint density at radius 2 is 1.68 bits per heavy atom. The van der Waals surface area contributed by atoms with Crippen LogP contribution < -0.4 is 10.1 Å². The normalized spacial score (nSPS) is 14.1. The predicted molar refractivity (Wildman–Crippen MR) is 151 cm³/mol. The number of methoxy groups -OCH3 is 1. The van der Waals surface area contributed by atoms with Crippen LogP contribution in [0.5, 0.6) is 5.88 Å². The number of nitrogens with one attached hydrogen (secondary N) is 1. The van der Waals surface area contributed by atoms with Crippen LogP contribution in [0.1, 0.15) is 23.5 Å². The van der Waals surface area contributed by atoms with E-state index in [9.17, 15) is 4.79 Å². The van der Waals surface area contributed by atoms with Crippen LogP contribution in [0.3, 0.4) is 0 Å². The van der Waals surface area contributed by atoms with E-state index in [0.29, 0.717) is 24.1 Å². The Labute approximate surface area is 227 Å². The predicted octanol–water partition coefficient (Wildman–Crippen LogP) is 5.09. The van der Waals surface area contributed by atoms with Crippen LogP contribution in [0.2, 0.25) is 0 Å². The topological polar surface area (TPSA) is 79.8 Å². The van der Waals surface area contributed by atoms with Gasteiger partial charge >= 0.3 is 6.03 Å². The second-order valence-electron chi connectivity index (χ2n) is 9.23. The fourth-order valence-corrected chi connectivity index (χ4v) is 5.54. The number of aromatic nitrogens is 2. The van der Waals surface area contributed by atoms with Gasteiger partial charge in [-0.2, -0.15) is 0 Å². The Morgan fingerprint density at radius 1 is 1.00 bits per heavy atom. The van der Waals surface area contributed by atoms with Crippen molar-refractivity contribution >= 4 is 32.8 Å². The molecule has 0 spiro atoms. The standard InChI is InChI=1S/C29H33N5O3S/c1-36-26-13-12-25-27(31-26)38-28(30-25)32-29(35)34(17-16-33-18-20-37-21-19-33)15-14-24(22-8-4-2-5-9-22)23-10-6-3-7-11-23/h2-13,24H,14-21H2,1H3,(H,30,32,35). The fourth-order valence-electron chi connectivity index (χ4n) is 4.72. The third-order valence-corrected chi connectivity index (χ3v) is 7.70. The maximum atomic E-state index is 13.6. The molecule has 1 saturated heterocycles. The van der Waals surface area contributed by atoms with Gasteiger partial charge in [0.05, 0.1) is 20.3 Å². The van der Waals surface area contributed by atoms with E-state index >= 15 is 0 Å². The van der Waals surface area contributed by atoms with Crippen molar-refractivity contribution in [3.63, 3.8) is 0 Å². The number of nitrogens with zero attached hydrogens (tertiary/aromatic N) is 4. The van der Waals surface area contributed by atoms with Crippen LogP contribution in [-0.2, 0) is 4.74 Å². The fraction of sp³-hybridized carbons (Fsp3) is 0.345. The first kappa shape index (κ1) is 26.1. The van der Waals surface area contributed by atoms with E-state index in [1.54, 1.807) is 13.2 Å². The van der Waals surface area contributed by atoms with Gasteiger partial charge in [-0.15, -0.1) is 0 Å². The molecule has 1 aliphatic heterocycles. The summed E-state index contributed by atoms with van der Waals surface area (Å²) >= 11 is 1.35. The highest BCUT2D eigenvalue weighted by atomic mass is 32.1. The third-order valence-electron chi connectivity index (χ3n) is 6.82. The number of pyridine rings is 1. The van der Waals surface area contributed by atoms with Crippen molar-refractivity contribution in [1.29, 1.82) is 0 Å². The molecule has 0 bridgehead atoms. The van der Waals surface area contributed by atoms with Gasteiger partial charge in [0.15, 0.2) is 5.13 Å². The van der Waals surface area contributed by atoms with Crippen molar-refractivity contribution in [2.24, 2.45) is 0 Å². The van der Waals surface area contributed by atoms with Gasteiger partial charge in [0.25, 0.3) is 0 Å². The first-order chi connectivity index (χ1) is 18.7. The minimum atomic E-state index is -0.149. The SMILES string of the molecule is COc1ccc2nc(NC(=O)N(CCC(c3ccccc3)c3ccccc3)CCN3CCOCC3)sc2n1. The maximum Gasteiger partial charge on any atom is 0.323 e. The number of morpholine rings is 1. The average molecular weight is 532 g/mol. The van der Waals surface area contributed by atoms with E-state index in [1.165, 1.54) is 22.5 Å². The number of thiazole rings is 1. The van der Waals surface area contributed by atoms with Gasteiger partial charge in [-0.1, -0.05) is 72.0 Å². The molecular weight excluding hydrogens is 498 g/mol. The lowest BCUT2D eigenvalue weighted by molar-refractivity contribution is 0.0351. The van der Waals surface area contributed by atoms with Crippen LogP contribution in [0.25, 0.3) is 10.3 Å². The zero-order chi connectivity index (χ0) is 26.2. The van der Waals surface area contributed by atoms with Crippen LogP contribution in [0, 0.1) is 0 Å². The molecular formula is C29H33N5O3S. The first-order valence-corrected chi connectivity index (χ1v) is 13.8. The number of carbonyl (C=O) groups excluding carboxylic acids is 1. The van der Waals surface area contributed by atoms with Crippen molar-refractivity contribution in [3.8, 4) is 5.88 Å². The van der Waals surface area contributed by atoms with Gasteiger partial charge in [0.1, 0.15) is 10.3 Å². The van der Waals surface area contributed by atoms with Gasteiger partial charge in [-0.25, -0.2) is 14.8 Å². The number of anilines is 1. The zero-order valence-corrected chi connectivity index (χ0v) is 22.4. The molecule has 2 amide bonds. The van der Waals surface area contributed by atoms with E-state index in [2.05, 4.69) is 68.7 Å². The first-order valence-electron chi connectivity index (χ1n) is 13.0. The van der Waals surface area contributed by atoms with E-state index in [4.69, 9.17) is 9.47 Å². The highest BCUT2D eigenvalue weighted by molar-refractivity contribution is 7.21.